The molecule has 0 bridgehead atoms. The highest BCUT2D eigenvalue weighted by Gasteiger charge is 2.22. The molecule has 1 aliphatic rings. The van der Waals surface area contributed by atoms with E-state index in [0.717, 1.165) is 24.2 Å². The molecule has 2 rings (SSSR count). The third kappa shape index (κ3) is 3.31. The third-order valence-corrected chi connectivity index (χ3v) is 3.83. The van der Waals surface area contributed by atoms with Crippen LogP contribution in [0.25, 0.3) is 0 Å². The molecule has 6 heteroatoms. The van der Waals surface area contributed by atoms with Gasteiger partial charge in [0, 0.05) is 31.0 Å². The number of piperidine rings is 1. The lowest BCUT2D eigenvalue weighted by Crippen LogP contribution is -2.40. The molecule has 0 unspecified atom stereocenters. The molecule has 1 saturated heterocycles. The number of hydrogen-bond acceptors (Lipinski definition) is 2. The Bertz CT molecular complexity index is 502. The number of H-pyrrole nitrogens is 1. The van der Waals surface area contributed by atoms with Gasteiger partial charge >= 0.3 is 6.09 Å². The Balaban J connectivity index is 1.80. The van der Waals surface area contributed by atoms with Crippen LogP contribution < -0.4 is 5.32 Å². The van der Waals surface area contributed by atoms with Crippen LogP contribution in [0.5, 0.6) is 0 Å². The van der Waals surface area contributed by atoms with E-state index in [1.54, 1.807) is 0 Å². The molecule has 0 atom stereocenters. The van der Waals surface area contributed by atoms with Gasteiger partial charge in [-0.1, -0.05) is 0 Å². The highest BCUT2D eigenvalue weighted by atomic mass is 16.4. The zero-order valence-corrected chi connectivity index (χ0v) is 11.9. The van der Waals surface area contributed by atoms with Crippen molar-refractivity contribution in [1.82, 2.24) is 15.2 Å². The Morgan fingerprint density at radius 1 is 1.40 bits per heavy atom. The fourth-order valence-corrected chi connectivity index (χ4v) is 2.62. The summed E-state index contributed by atoms with van der Waals surface area (Å²) in [5.41, 5.74) is 2.54. The molecular weight excluding hydrogens is 258 g/mol. The molecule has 2 heterocycles. The second kappa shape index (κ2) is 5.98. The van der Waals surface area contributed by atoms with Crippen molar-refractivity contribution < 1.29 is 14.7 Å². The first-order chi connectivity index (χ1) is 9.47. The largest absolute Gasteiger partial charge is 0.465 e. The number of aryl methyl sites for hydroxylation is 2. The predicted molar refractivity (Wildman–Crippen MR) is 74.9 cm³/mol. The second-order valence-electron chi connectivity index (χ2n) is 5.41. The number of aromatic nitrogens is 1. The molecule has 20 heavy (non-hydrogen) atoms. The minimum Gasteiger partial charge on any atom is -0.465 e. The number of amides is 2. The SMILES string of the molecule is Cc1cc(C(=O)NCC2CCN(C(=O)O)CC2)c(C)[nH]1. The van der Waals surface area contributed by atoms with Gasteiger partial charge in [-0.3, -0.25) is 4.79 Å². The monoisotopic (exact) mass is 279 g/mol. The molecule has 1 fully saturated rings. The number of carboxylic acid groups (broad SMARTS) is 1. The number of likely N-dealkylation sites (tertiary alicyclic amines) is 1. The number of hydrogen-bond donors (Lipinski definition) is 3. The van der Waals surface area contributed by atoms with E-state index in [-0.39, 0.29) is 5.91 Å². The van der Waals surface area contributed by atoms with Crippen LogP contribution in [0.3, 0.4) is 0 Å². The Kier molecular flexibility index (Phi) is 4.32. The average molecular weight is 279 g/mol. The maximum atomic E-state index is 12.1. The summed E-state index contributed by atoms with van der Waals surface area (Å²) in [5.74, 6) is 0.294. The standard InChI is InChI=1S/C14H21N3O3/c1-9-7-12(10(2)16-9)13(18)15-8-11-3-5-17(6-4-11)14(19)20/h7,11,16H,3-6,8H2,1-2H3,(H,15,18)(H,19,20). The minimum absolute atomic E-state index is 0.0625. The van der Waals surface area contributed by atoms with Gasteiger partial charge in [0.25, 0.3) is 5.91 Å². The molecule has 0 aromatic carbocycles. The molecule has 2 amide bonds. The number of nitrogens with zero attached hydrogens (tertiary/aromatic N) is 1. The van der Waals surface area contributed by atoms with Crippen molar-refractivity contribution in [3.8, 4) is 0 Å². The van der Waals surface area contributed by atoms with Gasteiger partial charge < -0.3 is 20.3 Å². The van der Waals surface area contributed by atoms with Crippen LogP contribution in [0.1, 0.15) is 34.6 Å². The molecule has 0 radical (unpaired) electrons. The molecule has 0 spiro atoms. The first-order valence-corrected chi connectivity index (χ1v) is 6.89. The first kappa shape index (κ1) is 14.4. The molecule has 0 aliphatic carbocycles. The molecule has 6 nitrogen and oxygen atoms in total. The third-order valence-electron chi connectivity index (χ3n) is 3.83. The van der Waals surface area contributed by atoms with E-state index in [9.17, 15) is 9.59 Å². The van der Waals surface area contributed by atoms with Crippen molar-refractivity contribution in [3.05, 3.63) is 23.0 Å². The van der Waals surface area contributed by atoms with Crippen molar-refractivity contribution >= 4 is 12.0 Å². The second-order valence-corrected chi connectivity index (χ2v) is 5.41. The molecular formula is C14H21N3O3. The van der Waals surface area contributed by atoms with Crippen molar-refractivity contribution in [2.24, 2.45) is 5.92 Å². The Morgan fingerprint density at radius 3 is 2.55 bits per heavy atom. The summed E-state index contributed by atoms with van der Waals surface area (Å²) in [6.07, 6.45) is 0.751. The fraction of sp³-hybridized carbons (Fsp3) is 0.571. The van der Waals surface area contributed by atoms with E-state index in [1.165, 1.54) is 4.90 Å². The van der Waals surface area contributed by atoms with E-state index in [2.05, 4.69) is 10.3 Å². The predicted octanol–water partition coefficient (Wildman–Crippen LogP) is 1.75. The Labute approximate surface area is 118 Å². The van der Waals surface area contributed by atoms with Crippen molar-refractivity contribution in [2.75, 3.05) is 19.6 Å². The maximum absolute atomic E-state index is 12.1. The van der Waals surface area contributed by atoms with E-state index in [1.807, 2.05) is 19.9 Å². The van der Waals surface area contributed by atoms with E-state index in [0.29, 0.717) is 31.1 Å². The zero-order valence-electron chi connectivity index (χ0n) is 11.9. The summed E-state index contributed by atoms with van der Waals surface area (Å²) >= 11 is 0. The lowest BCUT2D eigenvalue weighted by atomic mass is 9.97. The van der Waals surface area contributed by atoms with Gasteiger partial charge in [-0.25, -0.2) is 4.79 Å². The topological polar surface area (TPSA) is 85.4 Å². The normalized spacial score (nSPS) is 16.2. The number of carbonyl (C=O) groups excluding carboxylic acids is 1. The van der Waals surface area contributed by atoms with Crippen LogP contribution in [-0.4, -0.2) is 46.6 Å². The van der Waals surface area contributed by atoms with Gasteiger partial charge in [-0.05, 0) is 38.7 Å². The number of rotatable bonds is 3. The lowest BCUT2D eigenvalue weighted by molar-refractivity contribution is 0.0928. The van der Waals surface area contributed by atoms with Crippen LogP contribution in [-0.2, 0) is 0 Å². The van der Waals surface area contributed by atoms with Crippen LogP contribution in [0, 0.1) is 19.8 Å². The van der Waals surface area contributed by atoms with Crippen molar-refractivity contribution in [3.63, 3.8) is 0 Å². The summed E-state index contributed by atoms with van der Waals surface area (Å²) < 4.78 is 0. The van der Waals surface area contributed by atoms with Crippen LogP contribution in [0.15, 0.2) is 6.07 Å². The summed E-state index contributed by atoms with van der Waals surface area (Å²) in [6.45, 7) is 5.52. The fourth-order valence-electron chi connectivity index (χ4n) is 2.62. The first-order valence-electron chi connectivity index (χ1n) is 6.89. The van der Waals surface area contributed by atoms with Crippen molar-refractivity contribution in [1.29, 1.82) is 0 Å². The van der Waals surface area contributed by atoms with Crippen LogP contribution in [0.2, 0.25) is 0 Å². The smallest absolute Gasteiger partial charge is 0.407 e. The van der Waals surface area contributed by atoms with E-state index < -0.39 is 6.09 Å². The van der Waals surface area contributed by atoms with Crippen LogP contribution >= 0.6 is 0 Å². The zero-order chi connectivity index (χ0) is 14.7. The Morgan fingerprint density at radius 2 is 2.05 bits per heavy atom. The van der Waals surface area contributed by atoms with Crippen LogP contribution in [0.4, 0.5) is 4.79 Å². The van der Waals surface area contributed by atoms with E-state index >= 15 is 0 Å². The van der Waals surface area contributed by atoms with Gasteiger partial charge in [-0.2, -0.15) is 0 Å². The quantitative estimate of drug-likeness (QED) is 0.788. The minimum atomic E-state index is -0.856. The van der Waals surface area contributed by atoms with Gasteiger partial charge in [0.1, 0.15) is 0 Å². The summed E-state index contributed by atoms with van der Waals surface area (Å²) in [6, 6.07) is 1.84. The number of aromatic amines is 1. The molecule has 1 aliphatic heterocycles. The van der Waals surface area contributed by atoms with Crippen molar-refractivity contribution in [2.45, 2.75) is 26.7 Å². The highest BCUT2D eigenvalue weighted by Crippen LogP contribution is 2.17. The van der Waals surface area contributed by atoms with Gasteiger partial charge in [0.2, 0.25) is 0 Å². The molecule has 1 aromatic heterocycles. The molecule has 110 valence electrons. The highest BCUT2D eigenvalue weighted by molar-refractivity contribution is 5.95. The van der Waals surface area contributed by atoms with Gasteiger partial charge in [0.15, 0.2) is 0 Å². The van der Waals surface area contributed by atoms with Gasteiger partial charge in [-0.15, -0.1) is 0 Å². The van der Waals surface area contributed by atoms with E-state index in [4.69, 9.17) is 5.11 Å². The molecule has 3 N–H and O–H groups in total. The molecule has 1 aromatic rings. The number of nitrogens with one attached hydrogen (secondary N) is 2. The lowest BCUT2D eigenvalue weighted by Gasteiger charge is -2.29. The maximum Gasteiger partial charge on any atom is 0.407 e. The Hall–Kier alpha value is -1.98. The summed E-state index contributed by atoms with van der Waals surface area (Å²) in [4.78, 5) is 27.4. The summed E-state index contributed by atoms with van der Waals surface area (Å²) in [5, 5.41) is 11.8. The number of carbonyl (C=O) groups is 2. The molecule has 0 saturated carbocycles. The summed E-state index contributed by atoms with van der Waals surface area (Å²) in [7, 11) is 0. The average Bonchev–Trinajstić information content (AvgIpc) is 2.75. The van der Waals surface area contributed by atoms with Gasteiger partial charge in [0.05, 0.1) is 5.56 Å².